The van der Waals surface area contributed by atoms with Crippen LogP contribution in [0.15, 0.2) is 66.0 Å². The minimum atomic E-state index is -4.46. The van der Waals surface area contributed by atoms with Crippen LogP contribution in [0.3, 0.4) is 0 Å². The number of nitrogens with zero attached hydrogens (tertiary/aromatic N) is 3. The van der Waals surface area contributed by atoms with E-state index in [2.05, 4.69) is 10.3 Å². The van der Waals surface area contributed by atoms with Crippen LogP contribution in [0, 0.1) is 0 Å². The van der Waals surface area contributed by atoms with Gasteiger partial charge in [-0.15, -0.1) is 0 Å². The summed E-state index contributed by atoms with van der Waals surface area (Å²) in [5.41, 5.74) is 0.169. The van der Waals surface area contributed by atoms with Gasteiger partial charge in [0.25, 0.3) is 5.91 Å². The van der Waals surface area contributed by atoms with Crippen molar-refractivity contribution in [1.82, 2.24) is 19.2 Å². The van der Waals surface area contributed by atoms with Crippen molar-refractivity contribution in [3.63, 3.8) is 0 Å². The maximum absolute atomic E-state index is 12.8. The summed E-state index contributed by atoms with van der Waals surface area (Å²) in [6.07, 6.45) is -1.63. The Hall–Kier alpha value is -3.18. The van der Waals surface area contributed by atoms with E-state index < -0.39 is 27.7 Å². The number of halogens is 3. The molecular weight excluding hydrogens is 433 g/mol. The molecule has 7 nitrogen and oxygen atoms in total. The van der Waals surface area contributed by atoms with Crippen molar-refractivity contribution in [3.8, 4) is 5.69 Å². The van der Waals surface area contributed by atoms with E-state index in [1.165, 1.54) is 55.5 Å². The van der Waals surface area contributed by atoms with Crippen LogP contribution in [0.1, 0.15) is 21.6 Å². The number of nitrogens with one attached hydrogen (secondary N) is 1. The summed E-state index contributed by atoms with van der Waals surface area (Å²) in [5, 5.41) is 2.53. The van der Waals surface area contributed by atoms with Crippen molar-refractivity contribution < 1.29 is 26.4 Å². The standard InChI is InChI=1S/C20H19F3N4O3S/c1-26(2)31(29,30)17-8-6-16(7-9-17)27-12-18(25-13-27)19(28)24-11-14-4-3-5-15(10-14)20(21,22)23/h3-10,12-13H,11H2,1-2H3,(H,24,28). The van der Waals surface area contributed by atoms with Gasteiger partial charge >= 0.3 is 6.18 Å². The van der Waals surface area contributed by atoms with Gasteiger partial charge in [-0.25, -0.2) is 17.7 Å². The fourth-order valence-electron chi connectivity index (χ4n) is 2.71. The molecule has 0 aliphatic rings. The second-order valence-electron chi connectivity index (χ2n) is 6.83. The van der Waals surface area contributed by atoms with Gasteiger partial charge in [-0.3, -0.25) is 4.79 Å². The second kappa shape index (κ2) is 8.52. The van der Waals surface area contributed by atoms with Crippen molar-refractivity contribution in [2.75, 3.05) is 14.1 Å². The lowest BCUT2D eigenvalue weighted by Crippen LogP contribution is -2.23. The van der Waals surface area contributed by atoms with Crippen molar-refractivity contribution in [2.24, 2.45) is 0 Å². The average molecular weight is 452 g/mol. The molecule has 0 atom stereocenters. The average Bonchev–Trinajstić information content (AvgIpc) is 3.22. The van der Waals surface area contributed by atoms with E-state index in [0.717, 1.165) is 16.4 Å². The van der Waals surface area contributed by atoms with E-state index in [1.54, 1.807) is 12.1 Å². The normalized spacial score (nSPS) is 12.2. The molecular formula is C20H19F3N4O3S. The topological polar surface area (TPSA) is 84.3 Å². The maximum atomic E-state index is 12.8. The molecule has 0 unspecified atom stereocenters. The lowest BCUT2D eigenvalue weighted by Gasteiger charge is -2.11. The number of alkyl halides is 3. The first-order valence-electron chi connectivity index (χ1n) is 9.00. The van der Waals surface area contributed by atoms with Gasteiger partial charge in [-0.05, 0) is 42.0 Å². The minimum Gasteiger partial charge on any atom is -0.347 e. The summed E-state index contributed by atoms with van der Waals surface area (Å²) in [4.78, 5) is 16.4. The van der Waals surface area contributed by atoms with Gasteiger partial charge < -0.3 is 9.88 Å². The van der Waals surface area contributed by atoms with Gasteiger partial charge in [0.15, 0.2) is 0 Å². The van der Waals surface area contributed by atoms with E-state index in [0.29, 0.717) is 11.3 Å². The highest BCUT2D eigenvalue weighted by Gasteiger charge is 2.30. The van der Waals surface area contributed by atoms with E-state index in [9.17, 15) is 26.4 Å². The van der Waals surface area contributed by atoms with Crippen LogP contribution in [0.4, 0.5) is 13.2 Å². The van der Waals surface area contributed by atoms with Crippen molar-refractivity contribution >= 4 is 15.9 Å². The number of rotatable bonds is 6. The zero-order chi connectivity index (χ0) is 22.8. The molecule has 0 spiro atoms. The lowest BCUT2D eigenvalue weighted by atomic mass is 10.1. The molecule has 1 aromatic heterocycles. The van der Waals surface area contributed by atoms with Gasteiger partial charge in [-0.1, -0.05) is 12.1 Å². The van der Waals surface area contributed by atoms with E-state index >= 15 is 0 Å². The van der Waals surface area contributed by atoms with Crippen LogP contribution in [0.5, 0.6) is 0 Å². The largest absolute Gasteiger partial charge is 0.416 e. The minimum absolute atomic E-state index is 0.0666. The molecule has 31 heavy (non-hydrogen) atoms. The van der Waals surface area contributed by atoms with Crippen molar-refractivity contribution in [2.45, 2.75) is 17.6 Å². The summed E-state index contributed by atoms with van der Waals surface area (Å²) in [7, 11) is -0.688. The summed E-state index contributed by atoms with van der Waals surface area (Å²) < 4.78 is 65.3. The first kappa shape index (κ1) is 22.5. The Labute approximate surface area is 177 Å². The molecule has 0 bridgehead atoms. The third-order valence-electron chi connectivity index (χ3n) is 4.44. The molecule has 11 heteroatoms. The predicted molar refractivity (Wildman–Crippen MR) is 107 cm³/mol. The first-order valence-corrected chi connectivity index (χ1v) is 10.4. The Morgan fingerprint density at radius 1 is 1.13 bits per heavy atom. The molecule has 1 heterocycles. The molecule has 1 N–H and O–H groups in total. The molecule has 0 aliphatic carbocycles. The number of carbonyl (C=O) groups excluding carboxylic acids is 1. The third-order valence-corrected chi connectivity index (χ3v) is 6.27. The van der Waals surface area contributed by atoms with Crippen LogP contribution in [-0.2, 0) is 22.7 Å². The molecule has 0 saturated carbocycles. The molecule has 1 amide bonds. The number of sulfonamides is 1. The van der Waals surface area contributed by atoms with Crippen LogP contribution < -0.4 is 5.32 Å². The molecule has 0 aliphatic heterocycles. The van der Waals surface area contributed by atoms with Gasteiger partial charge in [0, 0.05) is 32.5 Å². The van der Waals surface area contributed by atoms with Gasteiger partial charge in [0.2, 0.25) is 10.0 Å². The Kier molecular flexibility index (Phi) is 6.18. The predicted octanol–water partition coefficient (Wildman–Crippen LogP) is 3.07. The molecule has 2 aromatic carbocycles. The first-order chi connectivity index (χ1) is 14.5. The van der Waals surface area contributed by atoms with E-state index in [-0.39, 0.29) is 17.1 Å². The quantitative estimate of drug-likeness (QED) is 0.623. The number of imidazole rings is 1. The van der Waals surface area contributed by atoms with Crippen LogP contribution in [0.2, 0.25) is 0 Å². The fraction of sp³-hybridized carbons (Fsp3) is 0.200. The zero-order valence-electron chi connectivity index (χ0n) is 16.6. The van der Waals surface area contributed by atoms with E-state index in [1.807, 2.05) is 0 Å². The van der Waals surface area contributed by atoms with Crippen molar-refractivity contribution in [3.05, 3.63) is 77.9 Å². The van der Waals surface area contributed by atoms with E-state index in [4.69, 9.17) is 0 Å². The monoisotopic (exact) mass is 452 g/mol. The number of hydrogen-bond donors (Lipinski definition) is 1. The van der Waals surface area contributed by atoms with Crippen LogP contribution >= 0.6 is 0 Å². The summed E-state index contributed by atoms with van der Waals surface area (Å²) in [6.45, 7) is -0.0906. The fourth-order valence-corrected chi connectivity index (χ4v) is 3.61. The van der Waals surface area contributed by atoms with Crippen LogP contribution in [-0.4, -0.2) is 42.3 Å². The highest BCUT2D eigenvalue weighted by atomic mass is 32.2. The number of benzene rings is 2. The molecule has 0 radical (unpaired) electrons. The number of amides is 1. The Morgan fingerprint density at radius 3 is 2.42 bits per heavy atom. The zero-order valence-corrected chi connectivity index (χ0v) is 17.4. The number of hydrogen-bond acceptors (Lipinski definition) is 4. The van der Waals surface area contributed by atoms with Crippen molar-refractivity contribution in [1.29, 1.82) is 0 Å². The number of aromatic nitrogens is 2. The molecule has 164 valence electrons. The smallest absolute Gasteiger partial charge is 0.347 e. The Bertz CT molecular complexity index is 1190. The molecule has 0 fully saturated rings. The highest BCUT2D eigenvalue weighted by Crippen LogP contribution is 2.29. The molecule has 3 rings (SSSR count). The van der Waals surface area contributed by atoms with Gasteiger partial charge in [-0.2, -0.15) is 13.2 Å². The summed E-state index contributed by atoms with van der Waals surface area (Å²) in [6, 6.07) is 10.7. The molecule has 3 aromatic rings. The molecule has 0 saturated heterocycles. The SMILES string of the molecule is CN(C)S(=O)(=O)c1ccc(-n2cnc(C(=O)NCc3cccc(C(F)(F)F)c3)c2)cc1. The maximum Gasteiger partial charge on any atom is 0.416 e. The lowest BCUT2D eigenvalue weighted by molar-refractivity contribution is -0.137. The second-order valence-corrected chi connectivity index (χ2v) is 8.98. The summed E-state index contributed by atoms with van der Waals surface area (Å²) in [5.74, 6) is -0.553. The third kappa shape index (κ3) is 5.12. The van der Waals surface area contributed by atoms with Gasteiger partial charge in [0.05, 0.1) is 10.5 Å². The Morgan fingerprint density at radius 2 is 1.81 bits per heavy atom. The Balaban J connectivity index is 1.69. The highest BCUT2D eigenvalue weighted by molar-refractivity contribution is 7.89. The summed E-state index contributed by atoms with van der Waals surface area (Å²) >= 11 is 0. The van der Waals surface area contributed by atoms with Crippen LogP contribution in [0.25, 0.3) is 5.69 Å². The van der Waals surface area contributed by atoms with Gasteiger partial charge in [0.1, 0.15) is 12.0 Å². The number of carbonyl (C=O) groups is 1.